The van der Waals surface area contributed by atoms with Crippen molar-refractivity contribution in [2.45, 2.75) is 6.04 Å². The number of carbonyl (C=O) groups is 1. The Kier molecular flexibility index (Phi) is 1.41. The van der Waals surface area contributed by atoms with Crippen LogP contribution < -0.4 is 11.2 Å². The third kappa shape index (κ3) is 0.892. The average molecular weight is 166 g/mol. The molecule has 2 heterocycles. The Morgan fingerprint density at radius 1 is 1.67 bits per heavy atom. The number of hydrogen-bond donors (Lipinski definition) is 2. The van der Waals surface area contributed by atoms with Crippen molar-refractivity contribution in [2.75, 3.05) is 0 Å². The molecule has 1 aromatic rings. The molecule has 62 valence electrons. The third-order valence-electron chi connectivity index (χ3n) is 1.52. The number of nitrogens with one attached hydrogen (secondary N) is 1. The molecular weight excluding hydrogens is 160 g/mol. The highest BCUT2D eigenvalue weighted by molar-refractivity contribution is 6.17. The molecule has 6 heteroatoms. The van der Waals surface area contributed by atoms with Gasteiger partial charge < -0.3 is 10.2 Å². The molecule has 0 aromatic carbocycles. The number of carbonyl (C=O) groups excluding carboxylic acids is 1. The quantitative estimate of drug-likeness (QED) is 0.550. The summed E-state index contributed by atoms with van der Waals surface area (Å²) in [5.74, 6) is -0.0657. The Morgan fingerprint density at radius 2 is 2.50 bits per heavy atom. The van der Waals surface area contributed by atoms with Gasteiger partial charge in [-0.1, -0.05) is 0 Å². The van der Waals surface area contributed by atoms with Crippen LogP contribution in [-0.4, -0.2) is 22.6 Å². The monoisotopic (exact) mass is 166 g/mol. The molecule has 1 unspecified atom stereocenters. The Balaban J connectivity index is 2.32. The first-order valence-corrected chi connectivity index (χ1v) is 3.32. The van der Waals surface area contributed by atoms with Gasteiger partial charge >= 0.3 is 0 Å². The van der Waals surface area contributed by atoms with Crippen LogP contribution in [0.25, 0.3) is 0 Å². The van der Waals surface area contributed by atoms with Crippen LogP contribution in [-0.2, 0) is 4.79 Å². The van der Waals surface area contributed by atoms with E-state index in [4.69, 9.17) is 10.2 Å². The molecule has 0 bridgehead atoms. The first-order valence-electron chi connectivity index (χ1n) is 3.32. The molecule has 0 aliphatic carbocycles. The van der Waals surface area contributed by atoms with Crippen molar-refractivity contribution < 1.29 is 9.21 Å². The highest BCUT2D eigenvalue weighted by Crippen LogP contribution is 2.04. The fourth-order valence-corrected chi connectivity index (χ4v) is 0.909. The van der Waals surface area contributed by atoms with E-state index >= 15 is 0 Å². The SMILES string of the molecule is NC1C(=O)NN=C1c1ncco1. The third-order valence-corrected chi connectivity index (χ3v) is 1.52. The second-order valence-corrected chi connectivity index (χ2v) is 2.29. The molecule has 1 amide bonds. The molecule has 6 nitrogen and oxygen atoms in total. The van der Waals surface area contributed by atoms with Crippen molar-refractivity contribution in [1.82, 2.24) is 10.4 Å². The van der Waals surface area contributed by atoms with Gasteiger partial charge in [0.2, 0.25) is 5.89 Å². The van der Waals surface area contributed by atoms with Gasteiger partial charge in [0, 0.05) is 0 Å². The molecule has 1 aliphatic rings. The van der Waals surface area contributed by atoms with Gasteiger partial charge in [0.15, 0.2) is 0 Å². The van der Waals surface area contributed by atoms with Gasteiger partial charge in [-0.25, -0.2) is 10.4 Å². The number of amides is 1. The fourth-order valence-electron chi connectivity index (χ4n) is 0.909. The standard InChI is InChI=1S/C6H6N4O2/c7-3-4(9-10-5(3)11)6-8-1-2-12-6/h1-3H,7H2,(H,10,11). The highest BCUT2D eigenvalue weighted by Gasteiger charge is 2.29. The predicted octanol–water partition coefficient (Wildman–Crippen LogP) is -1.16. The van der Waals surface area contributed by atoms with E-state index in [1.165, 1.54) is 12.5 Å². The minimum absolute atomic E-state index is 0.279. The second-order valence-electron chi connectivity index (χ2n) is 2.29. The molecular formula is C6H6N4O2. The molecule has 0 fully saturated rings. The summed E-state index contributed by atoms with van der Waals surface area (Å²) in [6, 6.07) is -0.774. The maximum absolute atomic E-state index is 10.9. The highest BCUT2D eigenvalue weighted by atomic mass is 16.3. The van der Waals surface area contributed by atoms with Crippen LogP contribution >= 0.6 is 0 Å². The minimum atomic E-state index is -0.774. The first-order chi connectivity index (χ1) is 5.79. The molecule has 1 atom stereocenters. The van der Waals surface area contributed by atoms with E-state index in [1.807, 2.05) is 0 Å². The topological polar surface area (TPSA) is 93.5 Å². The van der Waals surface area contributed by atoms with Crippen molar-refractivity contribution in [1.29, 1.82) is 0 Å². The summed E-state index contributed by atoms with van der Waals surface area (Å²) in [4.78, 5) is 14.7. The lowest BCUT2D eigenvalue weighted by Crippen LogP contribution is -2.37. The first kappa shape index (κ1) is 6.99. The molecule has 0 saturated carbocycles. The Bertz CT molecular complexity index is 329. The molecule has 1 aliphatic heterocycles. The van der Waals surface area contributed by atoms with Crippen molar-refractivity contribution in [3.8, 4) is 0 Å². The lowest BCUT2D eigenvalue weighted by molar-refractivity contribution is -0.120. The van der Waals surface area contributed by atoms with Crippen LogP contribution in [0.3, 0.4) is 0 Å². The van der Waals surface area contributed by atoms with E-state index in [9.17, 15) is 4.79 Å². The van der Waals surface area contributed by atoms with Gasteiger partial charge in [-0.05, 0) is 0 Å². The summed E-state index contributed by atoms with van der Waals surface area (Å²) >= 11 is 0. The summed E-state index contributed by atoms with van der Waals surface area (Å²) in [6.07, 6.45) is 2.86. The van der Waals surface area contributed by atoms with Crippen LogP contribution in [0.4, 0.5) is 0 Å². The molecule has 0 radical (unpaired) electrons. The molecule has 0 saturated heterocycles. The van der Waals surface area contributed by atoms with Crippen molar-refractivity contribution in [3.05, 3.63) is 18.4 Å². The van der Waals surface area contributed by atoms with Crippen LogP contribution in [0.15, 0.2) is 22.0 Å². The number of hydrogen-bond acceptors (Lipinski definition) is 5. The number of aromatic nitrogens is 1. The lowest BCUT2D eigenvalue weighted by atomic mass is 10.2. The summed E-state index contributed by atoms with van der Waals surface area (Å²) in [7, 11) is 0. The Morgan fingerprint density at radius 3 is 3.00 bits per heavy atom. The smallest absolute Gasteiger partial charge is 0.263 e. The summed E-state index contributed by atoms with van der Waals surface area (Å²) in [5.41, 5.74) is 8.04. The number of nitrogens with two attached hydrogens (primary N) is 1. The minimum Gasteiger partial charge on any atom is -0.443 e. The van der Waals surface area contributed by atoms with Crippen LogP contribution in [0.2, 0.25) is 0 Å². The van der Waals surface area contributed by atoms with Crippen molar-refractivity contribution in [3.63, 3.8) is 0 Å². The number of nitrogens with zero attached hydrogens (tertiary/aromatic N) is 2. The summed E-state index contributed by atoms with van der Waals surface area (Å²) in [6.45, 7) is 0. The summed E-state index contributed by atoms with van der Waals surface area (Å²) in [5, 5.41) is 3.68. The molecule has 12 heavy (non-hydrogen) atoms. The van der Waals surface area contributed by atoms with E-state index in [2.05, 4.69) is 15.5 Å². The van der Waals surface area contributed by atoms with Gasteiger partial charge in [-0.15, -0.1) is 0 Å². The fraction of sp³-hybridized carbons (Fsp3) is 0.167. The average Bonchev–Trinajstić information content (AvgIpc) is 2.64. The van der Waals surface area contributed by atoms with Gasteiger partial charge in [0.25, 0.3) is 5.91 Å². The largest absolute Gasteiger partial charge is 0.443 e. The van der Waals surface area contributed by atoms with Crippen molar-refractivity contribution >= 4 is 11.6 Å². The molecule has 0 spiro atoms. The second kappa shape index (κ2) is 2.42. The summed E-state index contributed by atoms with van der Waals surface area (Å²) < 4.78 is 4.92. The zero-order chi connectivity index (χ0) is 8.55. The number of rotatable bonds is 1. The Labute approximate surface area is 67.5 Å². The maximum Gasteiger partial charge on any atom is 0.263 e. The van der Waals surface area contributed by atoms with Gasteiger partial charge in [0.05, 0.1) is 6.20 Å². The van der Waals surface area contributed by atoms with Gasteiger partial charge in [0.1, 0.15) is 18.0 Å². The lowest BCUT2D eigenvalue weighted by Gasteiger charge is -1.97. The maximum atomic E-state index is 10.9. The number of hydrazone groups is 1. The van der Waals surface area contributed by atoms with Crippen LogP contribution in [0, 0.1) is 0 Å². The molecule has 2 rings (SSSR count). The van der Waals surface area contributed by atoms with Gasteiger partial charge in [-0.2, -0.15) is 5.10 Å². The zero-order valence-electron chi connectivity index (χ0n) is 6.02. The number of oxazole rings is 1. The zero-order valence-corrected chi connectivity index (χ0v) is 6.02. The van der Waals surface area contributed by atoms with E-state index in [0.717, 1.165) is 0 Å². The molecule has 3 N–H and O–H groups in total. The molecule has 1 aromatic heterocycles. The predicted molar refractivity (Wildman–Crippen MR) is 39.2 cm³/mol. The van der Waals surface area contributed by atoms with E-state index in [0.29, 0.717) is 5.71 Å². The van der Waals surface area contributed by atoms with E-state index in [1.54, 1.807) is 0 Å². The van der Waals surface area contributed by atoms with E-state index < -0.39 is 6.04 Å². The van der Waals surface area contributed by atoms with E-state index in [-0.39, 0.29) is 11.8 Å². The normalized spacial score (nSPS) is 22.2. The van der Waals surface area contributed by atoms with Crippen LogP contribution in [0.1, 0.15) is 5.89 Å². The van der Waals surface area contributed by atoms with Crippen LogP contribution in [0.5, 0.6) is 0 Å². The van der Waals surface area contributed by atoms with Gasteiger partial charge in [-0.3, -0.25) is 4.79 Å². The van der Waals surface area contributed by atoms with Crippen molar-refractivity contribution in [2.24, 2.45) is 10.8 Å². The Hall–Kier alpha value is -1.69.